The number of hydrogen-bond acceptors (Lipinski definition) is 2. The second-order valence-corrected chi connectivity index (χ2v) is 22.3. The van der Waals surface area contributed by atoms with E-state index in [-0.39, 0.29) is 0 Å². The molecule has 0 N–H and O–H groups in total. The summed E-state index contributed by atoms with van der Waals surface area (Å²) < 4.78 is 2.99. The summed E-state index contributed by atoms with van der Waals surface area (Å²) in [6.07, 6.45) is 1.12. The zero-order chi connectivity index (χ0) is 46.9. The first kappa shape index (κ1) is 46.7. The van der Waals surface area contributed by atoms with E-state index in [2.05, 4.69) is 166 Å². The van der Waals surface area contributed by atoms with Gasteiger partial charge in [0.25, 0.3) is 0 Å². The number of fused-ring (bicyclic) bond motifs is 7. The van der Waals surface area contributed by atoms with Crippen molar-refractivity contribution < 1.29 is 0 Å². The van der Waals surface area contributed by atoms with E-state index in [0.717, 1.165) is 6.42 Å². The summed E-state index contributed by atoms with van der Waals surface area (Å²) in [7, 11) is 0. The van der Waals surface area contributed by atoms with Crippen molar-refractivity contribution in [2.75, 3.05) is 0 Å². The lowest BCUT2D eigenvalue weighted by Crippen LogP contribution is -2.03. The average Bonchev–Trinajstić information content (AvgIpc) is 3.90. The first-order chi connectivity index (χ1) is 29.3. The Balaban J connectivity index is 0.000000143. The van der Waals surface area contributed by atoms with Gasteiger partial charge in [-0.05, 0) is 339 Å². The number of benzene rings is 6. The maximum Gasteiger partial charge on any atom is 0.0387 e. The highest BCUT2D eigenvalue weighted by molar-refractivity contribution is 7.21. The summed E-state index contributed by atoms with van der Waals surface area (Å²) in [5.41, 5.74) is 38.5. The smallest absolute Gasteiger partial charge is 0.0387 e. The zero-order valence-corrected chi connectivity index (χ0v) is 45.2. The lowest BCUT2D eigenvalue weighted by Gasteiger charge is -2.24. The van der Waals surface area contributed by atoms with Crippen LogP contribution in [0.3, 0.4) is 0 Å². The van der Waals surface area contributed by atoms with Crippen molar-refractivity contribution in [3.63, 3.8) is 0 Å². The van der Waals surface area contributed by atoms with Crippen molar-refractivity contribution in [3.8, 4) is 11.1 Å². The van der Waals surface area contributed by atoms with Crippen LogP contribution in [0.15, 0.2) is 0 Å². The highest BCUT2D eigenvalue weighted by atomic mass is 32.1. The highest BCUT2D eigenvalue weighted by Gasteiger charge is 2.29. The molecule has 0 atom stereocenters. The molecule has 63 heavy (non-hydrogen) atoms. The molecular weight excluding hydrogens is 797 g/mol. The van der Waals surface area contributed by atoms with Crippen LogP contribution < -0.4 is 0 Å². The van der Waals surface area contributed by atoms with Gasteiger partial charge in [-0.3, -0.25) is 0 Å². The zero-order valence-electron chi connectivity index (χ0n) is 43.5. The Labute approximate surface area is 389 Å². The van der Waals surface area contributed by atoms with Crippen LogP contribution in [-0.2, 0) is 6.42 Å². The van der Waals surface area contributed by atoms with E-state index in [4.69, 9.17) is 0 Å². The summed E-state index contributed by atoms with van der Waals surface area (Å²) >= 11 is 3.91. The number of aryl methyl sites for hydroxylation is 12. The third-order valence-electron chi connectivity index (χ3n) is 17.3. The third kappa shape index (κ3) is 6.70. The molecule has 0 unspecified atom stereocenters. The quantitative estimate of drug-likeness (QED) is 0.133. The van der Waals surface area contributed by atoms with Crippen LogP contribution in [0.2, 0.25) is 0 Å². The maximum absolute atomic E-state index is 2.33. The normalized spacial score (nSPS) is 12.1. The molecular formula is C61H74S2. The maximum atomic E-state index is 2.33. The van der Waals surface area contributed by atoms with Crippen LogP contribution in [0.1, 0.15) is 143 Å². The van der Waals surface area contributed by atoms with E-state index in [0.29, 0.717) is 0 Å². The summed E-state index contributed by atoms with van der Waals surface area (Å²) in [5.74, 6) is 0. The van der Waals surface area contributed by atoms with Crippen molar-refractivity contribution in [1.82, 2.24) is 0 Å². The Morgan fingerprint density at radius 3 is 0.714 bits per heavy atom. The fourth-order valence-corrected chi connectivity index (χ4v) is 14.2. The van der Waals surface area contributed by atoms with E-state index >= 15 is 0 Å². The van der Waals surface area contributed by atoms with Gasteiger partial charge in [0.2, 0.25) is 0 Å². The van der Waals surface area contributed by atoms with E-state index in [1.165, 1.54) is 185 Å². The Kier molecular flexibility index (Phi) is 12.1. The molecule has 0 fully saturated rings. The molecule has 0 bridgehead atoms. The average molecular weight is 871 g/mol. The number of thiophene rings is 2. The van der Waals surface area contributed by atoms with Gasteiger partial charge in [0.15, 0.2) is 0 Å². The molecule has 0 aliphatic heterocycles. The van der Waals surface area contributed by atoms with Crippen molar-refractivity contribution in [3.05, 3.63) is 143 Å². The van der Waals surface area contributed by atoms with Crippen LogP contribution in [-0.4, -0.2) is 0 Å². The van der Waals surface area contributed by atoms with E-state index < -0.39 is 0 Å². The molecule has 0 radical (unpaired) electrons. The molecule has 330 valence electrons. The molecule has 2 heteroatoms. The lowest BCUT2D eigenvalue weighted by molar-refractivity contribution is 1.12. The molecule has 2 heterocycles. The first-order valence-electron chi connectivity index (χ1n) is 23.3. The molecule has 9 rings (SSSR count). The van der Waals surface area contributed by atoms with E-state index in [1.807, 2.05) is 22.7 Å². The van der Waals surface area contributed by atoms with Gasteiger partial charge in [0.1, 0.15) is 0 Å². The van der Waals surface area contributed by atoms with Gasteiger partial charge in [0.05, 0.1) is 0 Å². The monoisotopic (exact) mass is 871 g/mol. The largest absolute Gasteiger partial charge is 0.140 e. The SMILES string of the molecule is Cc1c(C)c(C)c2c(C)c3c(C)c(C)c(C)c(C)c3c(C)c2c1C.Cc1c(C)c(C)c2c(c1C)Cc1c(C)c(C)c(C)c(C)c1-2.Cc1sc2c(C)c3c(C)c(C)sc3c(C)c2c1C. The van der Waals surface area contributed by atoms with Gasteiger partial charge in [-0.25, -0.2) is 0 Å². The molecule has 8 aromatic rings. The third-order valence-corrected chi connectivity index (χ3v) is 20.0. The number of rotatable bonds is 0. The van der Waals surface area contributed by atoms with E-state index in [9.17, 15) is 0 Å². The summed E-state index contributed by atoms with van der Waals surface area (Å²) in [4.78, 5) is 2.92. The van der Waals surface area contributed by atoms with E-state index in [1.54, 1.807) is 11.1 Å². The minimum absolute atomic E-state index is 1.12. The fraction of sp³-hybridized carbons (Fsp3) is 0.410. The van der Waals surface area contributed by atoms with Crippen LogP contribution in [0.4, 0.5) is 0 Å². The van der Waals surface area contributed by atoms with Gasteiger partial charge in [0, 0.05) is 29.9 Å². The van der Waals surface area contributed by atoms with Crippen molar-refractivity contribution in [2.24, 2.45) is 0 Å². The van der Waals surface area contributed by atoms with Crippen LogP contribution >= 0.6 is 22.7 Å². The molecule has 6 aromatic carbocycles. The molecule has 2 aromatic heterocycles. The van der Waals surface area contributed by atoms with Crippen molar-refractivity contribution >= 4 is 64.4 Å². The molecule has 0 saturated carbocycles. The van der Waals surface area contributed by atoms with Crippen LogP contribution in [0.5, 0.6) is 0 Å². The van der Waals surface area contributed by atoms with Gasteiger partial charge < -0.3 is 0 Å². The standard InChI is InChI=1S/C24H30.C21H26.C16H18S2/c1-11-12(2)16(6)22-20(10)24-18(8)14(4)13(3)17(7)23(24)19(9)21(22)15(11)5;1-10-12(3)16(7)20-18(14(10)5)9-19-15(6)11(2)13(4)17(8)21(19)20;1-7-11(5)17-15-10(4)14-8(2)12(6)18-16(14)9(3)13(7)15/h1-10H3;9H2,1-8H3;1-6H3. The van der Waals surface area contributed by atoms with Crippen molar-refractivity contribution in [1.29, 1.82) is 0 Å². The predicted molar refractivity (Wildman–Crippen MR) is 287 cm³/mol. The van der Waals surface area contributed by atoms with Gasteiger partial charge >= 0.3 is 0 Å². The topological polar surface area (TPSA) is 0 Å². The highest BCUT2D eigenvalue weighted by Crippen LogP contribution is 2.48. The Morgan fingerprint density at radius 1 is 0.206 bits per heavy atom. The molecule has 1 aliphatic rings. The van der Waals surface area contributed by atoms with Gasteiger partial charge in [-0.2, -0.15) is 0 Å². The lowest BCUT2D eigenvalue weighted by atomic mass is 9.80. The van der Waals surface area contributed by atoms with Gasteiger partial charge in [-0.1, -0.05) is 0 Å². The first-order valence-corrected chi connectivity index (χ1v) is 24.9. The molecule has 0 spiro atoms. The molecule has 0 nitrogen and oxygen atoms in total. The number of hydrogen-bond donors (Lipinski definition) is 0. The minimum Gasteiger partial charge on any atom is -0.140 e. The van der Waals surface area contributed by atoms with Crippen molar-refractivity contribution in [2.45, 2.75) is 173 Å². The fourth-order valence-electron chi connectivity index (χ4n) is 11.7. The van der Waals surface area contributed by atoms with Crippen LogP contribution in [0, 0.1) is 166 Å². The van der Waals surface area contributed by atoms with Gasteiger partial charge in [-0.15, -0.1) is 22.7 Å². The van der Waals surface area contributed by atoms with Crippen LogP contribution in [0.25, 0.3) is 52.8 Å². The second-order valence-electron chi connectivity index (χ2n) is 19.9. The molecule has 0 saturated heterocycles. The Hall–Kier alpha value is -4.24. The Morgan fingerprint density at radius 2 is 0.444 bits per heavy atom. The minimum atomic E-state index is 1.12. The summed E-state index contributed by atoms with van der Waals surface area (Å²) in [6.45, 7) is 54.8. The molecule has 1 aliphatic carbocycles. The second kappa shape index (κ2) is 16.3. The summed E-state index contributed by atoms with van der Waals surface area (Å²) in [5, 5.41) is 8.92. The Bertz CT molecular complexity index is 3010. The predicted octanol–water partition coefficient (Wildman–Crippen LogP) is 18.8. The summed E-state index contributed by atoms with van der Waals surface area (Å²) in [6, 6.07) is 0. The molecule has 0 amide bonds.